The number of carbonyl (C=O) groups is 1. The van der Waals surface area contributed by atoms with Crippen LogP contribution in [0.25, 0.3) is 0 Å². The quantitative estimate of drug-likeness (QED) is 0.303. The van der Waals surface area contributed by atoms with Crippen LogP contribution in [0, 0.1) is 11.7 Å². The highest BCUT2D eigenvalue weighted by atomic mass is 19.4. The molecule has 0 radical (unpaired) electrons. The second-order valence-corrected chi connectivity index (χ2v) is 11.8. The average Bonchev–Trinajstić information content (AvgIpc) is 3.36. The van der Waals surface area contributed by atoms with E-state index in [0.717, 1.165) is 37.1 Å². The monoisotopic (exact) mass is 590 g/mol. The highest BCUT2D eigenvalue weighted by Crippen LogP contribution is 2.46. The Bertz CT molecular complexity index is 1350. The van der Waals surface area contributed by atoms with Gasteiger partial charge in [-0.25, -0.2) is 4.39 Å². The summed E-state index contributed by atoms with van der Waals surface area (Å²) in [6.45, 7) is 10.2. The zero-order valence-corrected chi connectivity index (χ0v) is 24.3. The summed E-state index contributed by atoms with van der Waals surface area (Å²) in [7, 11) is 2.04. The molecule has 2 fully saturated rings. The van der Waals surface area contributed by atoms with Crippen molar-refractivity contribution in [2.24, 2.45) is 5.92 Å². The van der Waals surface area contributed by atoms with E-state index in [0.29, 0.717) is 44.2 Å². The number of nitrogens with zero attached hydrogens (tertiary/aromatic N) is 5. The minimum absolute atomic E-state index is 0.0818. The number of nitrogens with two attached hydrogens (primary N) is 1. The summed E-state index contributed by atoms with van der Waals surface area (Å²) in [5.74, 6) is -1.67. The van der Waals surface area contributed by atoms with Gasteiger partial charge in [-0.2, -0.15) is 23.1 Å². The molecule has 2 saturated heterocycles. The van der Waals surface area contributed by atoms with Crippen molar-refractivity contribution >= 4 is 17.4 Å². The molecule has 0 saturated carbocycles. The number of piperazine rings is 1. The minimum Gasteiger partial charge on any atom is -0.462 e. The van der Waals surface area contributed by atoms with Crippen LogP contribution >= 0.6 is 0 Å². The van der Waals surface area contributed by atoms with Crippen molar-refractivity contribution in [2.45, 2.75) is 63.7 Å². The fourth-order valence-electron chi connectivity index (χ4n) is 6.62. The summed E-state index contributed by atoms with van der Waals surface area (Å²) in [5, 5.41) is 0. The van der Waals surface area contributed by atoms with Crippen LogP contribution < -0.4 is 15.4 Å². The molecule has 8 nitrogen and oxygen atoms in total. The maximum absolute atomic E-state index is 15.4. The molecule has 0 spiro atoms. The van der Waals surface area contributed by atoms with Gasteiger partial charge in [-0.15, -0.1) is 0 Å². The Morgan fingerprint density at radius 2 is 1.95 bits per heavy atom. The van der Waals surface area contributed by atoms with Crippen LogP contribution in [-0.2, 0) is 23.8 Å². The first-order chi connectivity index (χ1) is 19.9. The molecular weight excluding hydrogens is 552 g/mol. The van der Waals surface area contributed by atoms with Crippen molar-refractivity contribution in [3.8, 4) is 6.01 Å². The first-order valence-corrected chi connectivity index (χ1v) is 14.4. The second kappa shape index (κ2) is 11.7. The Morgan fingerprint density at radius 1 is 1.19 bits per heavy atom. The van der Waals surface area contributed by atoms with E-state index in [1.54, 1.807) is 4.90 Å². The Kier molecular flexibility index (Phi) is 8.37. The van der Waals surface area contributed by atoms with E-state index in [9.17, 15) is 18.0 Å². The van der Waals surface area contributed by atoms with Crippen molar-refractivity contribution < 1.29 is 27.1 Å². The Morgan fingerprint density at radius 3 is 2.60 bits per heavy atom. The molecule has 2 N–H and O–H groups in total. The van der Waals surface area contributed by atoms with Gasteiger partial charge in [0.2, 0.25) is 5.91 Å². The maximum Gasteiger partial charge on any atom is 0.416 e. The van der Waals surface area contributed by atoms with Crippen LogP contribution in [-0.4, -0.2) is 77.6 Å². The molecule has 1 aliphatic carbocycles. The van der Waals surface area contributed by atoms with E-state index in [1.807, 2.05) is 20.9 Å². The van der Waals surface area contributed by atoms with Crippen LogP contribution in [0.4, 0.5) is 29.1 Å². The third-order valence-electron chi connectivity index (χ3n) is 9.02. The lowest BCUT2D eigenvalue weighted by molar-refractivity contribution is -0.138. The summed E-state index contributed by atoms with van der Waals surface area (Å²) in [4.78, 5) is 27.9. The van der Waals surface area contributed by atoms with Gasteiger partial charge in [-0.3, -0.25) is 4.79 Å². The number of nitrogen functional groups attached to an aromatic ring is 1. The molecule has 3 aliphatic rings. The molecule has 12 heteroatoms. The molecule has 42 heavy (non-hydrogen) atoms. The number of halogens is 4. The summed E-state index contributed by atoms with van der Waals surface area (Å²) in [6, 6.07) is 2.10. The van der Waals surface area contributed by atoms with E-state index in [2.05, 4.69) is 16.4 Å². The molecule has 1 amide bonds. The van der Waals surface area contributed by atoms with Crippen LogP contribution in [0.1, 0.15) is 55.0 Å². The standard InChI is InChI=1S/C30H38F4N6O2/c1-5-25(41)39-11-12-40(18(3)15-39)28-21-13-17(2)20(26-22(30(32,33)34)8-9-23(35)27(26)31)14-24(21)36-29(37-28)42-16-19-7-6-10-38(19)4/h5,8-9,17-20H,1,6-7,10-16,35H2,2-4H3/t17-,18?,19?,20-/m0/s1. The second-order valence-electron chi connectivity index (χ2n) is 11.8. The van der Waals surface area contributed by atoms with Crippen molar-refractivity contribution in [2.75, 3.05) is 50.5 Å². The van der Waals surface area contributed by atoms with Crippen LogP contribution in [0.15, 0.2) is 24.8 Å². The zero-order valence-electron chi connectivity index (χ0n) is 24.3. The lowest BCUT2D eigenvalue weighted by Crippen LogP contribution is -2.54. The van der Waals surface area contributed by atoms with Gasteiger partial charge in [0.1, 0.15) is 18.2 Å². The fourth-order valence-corrected chi connectivity index (χ4v) is 6.62. The number of rotatable bonds is 6. The molecule has 5 rings (SSSR count). The zero-order chi connectivity index (χ0) is 30.3. The van der Waals surface area contributed by atoms with E-state index in [4.69, 9.17) is 20.4 Å². The van der Waals surface area contributed by atoms with Crippen molar-refractivity contribution in [3.05, 3.63) is 53.0 Å². The predicted octanol–water partition coefficient (Wildman–Crippen LogP) is 4.43. The lowest BCUT2D eigenvalue weighted by Gasteiger charge is -2.42. The average molecular weight is 591 g/mol. The third-order valence-corrected chi connectivity index (χ3v) is 9.02. The third kappa shape index (κ3) is 5.77. The number of anilines is 2. The normalized spacial score (nSPS) is 24.9. The fraction of sp³-hybridized carbons (Fsp3) is 0.567. The van der Waals surface area contributed by atoms with Gasteiger partial charge in [0.25, 0.3) is 0 Å². The number of amides is 1. The first kappa shape index (κ1) is 30.1. The first-order valence-electron chi connectivity index (χ1n) is 14.4. The van der Waals surface area contributed by atoms with Crippen LogP contribution in [0.3, 0.4) is 0 Å². The molecule has 3 heterocycles. The smallest absolute Gasteiger partial charge is 0.416 e. The Balaban J connectivity index is 1.54. The number of alkyl halides is 3. The van der Waals surface area contributed by atoms with Gasteiger partial charge in [0.15, 0.2) is 0 Å². The van der Waals surface area contributed by atoms with Crippen molar-refractivity contribution in [3.63, 3.8) is 0 Å². The largest absolute Gasteiger partial charge is 0.462 e. The van der Waals surface area contributed by atoms with Gasteiger partial charge in [-0.1, -0.05) is 13.5 Å². The molecular formula is C30H38F4N6O2. The van der Waals surface area contributed by atoms with Crippen LogP contribution in [0.2, 0.25) is 0 Å². The summed E-state index contributed by atoms with van der Waals surface area (Å²) in [6.07, 6.45) is -0.949. The number of ether oxygens (including phenoxy) is 1. The van der Waals surface area contributed by atoms with Gasteiger partial charge in [0.05, 0.1) is 16.9 Å². The molecule has 2 aliphatic heterocycles. The van der Waals surface area contributed by atoms with Gasteiger partial charge < -0.3 is 25.2 Å². The number of hydrogen-bond acceptors (Lipinski definition) is 7. The molecule has 228 valence electrons. The molecule has 2 unspecified atom stereocenters. The van der Waals surface area contributed by atoms with Crippen LogP contribution in [0.5, 0.6) is 6.01 Å². The van der Waals surface area contributed by atoms with E-state index in [-0.39, 0.29) is 42.0 Å². The summed E-state index contributed by atoms with van der Waals surface area (Å²) < 4.78 is 63.6. The summed E-state index contributed by atoms with van der Waals surface area (Å²) >= 11 is 0. The van der Waals surface area contributed by atoms with E-state index >= 15 is 4.39 Å². The van der Waals surface area contributed by atoms with Gasteiger partial charge in [0, 0.05) is 42.8 Å². The number of aromatic nitrogens is 2. The number of carbonyl (C=O) groups excluding carboxylic acids is 1. The highest BCUT2D eigenvalue weighted by molar-refractivity contribution is 5.87. The molecule has 1 aromatic carbocycles. The van der Waals surface area contributed by atoms with Gasteiger partial charge >= 0.3 is 12.2 Å². The number of hydrogen-bond donors (Lipinski definition) is 1. The molecule has 2 aromatic rings. The van der Waals surface area contributed by atoms with Gasteiger partial charge in [-0.05, 0) is 76.2 Å². The molecule has 1 aromatic heterocycles. The Hall–Kier alpha value is -3.41. The molecule has 4 atom stereocenters. The number of likely N-dealkylation sites (tertiary alicyclic amines) is 1. The number of fused-ring (bicyclic) bond motifs is 1. The number of likely N-dealkylation sites (N-methyl/N-ethyl adjacent to an activating group) is 1. The topological polar surface area (TPSA) is 87.8 Å². The van der Waals surface area contributed by atoms with E-state index in [1.165, 1.54) is 6.08 Å². The lowest BCUT2D eigenvalue weighted by atomic mass is 9.73. The van der Waals surface area contributed by atoms with E-state index < -0.39 is 29.0 Å². The summed E-state index contributed by atoms with van der Waals surface area (Å²) in [5.41, 5.74) is 5.38. The maximum atomic E-state index is 15.4. The molecule has 0 bridgehead atoms. The number of benzene rings is 1. The highest BCUT2D eigenvalue weighted by Gasteiger charge is 2.42. The van der Waals surface area contributed by atoms with Crippen molar-refractivity contribution in [1.82, 2.24) is 19.8 Å². The predicted molar refractivity (Wildman–Crippen MR) is 152 cm³/mol. The minimum atomic E-state index is -4.74. The Labute approximate surface area is 243 Å². The van der Waals surface area contributed by atoms with Crippen molar-refractivity contribution in [1.29, 1.82) is 0 Å². The SMILES string of the molecule is C=CC(=O)N1CCN(c2nc(OCC3CCCN3C)nc3c2C[C@H](C)[C@@H](c2c(C(F)(F)F)ccc(N)c2F)C3)C(C)C1.